The average molecular weight is 367 g/mol. The van der Waals surface area contributed by atoms with E-state index in [-0.39, 0.29) is 11.1 Å². The van der Waals surface area contributed by atoms with Crippen molar-refractivity contribution >= 4 is 25.4 Å². The van der Waals surface area contributed by atoms with Gasteiger partial charge in [0.25, 0.3) is 5.69 Å². The molecule has 0 aliphatic carbocycles. The highest BCUT2D eigenvalue weighted by Gasteiger charge is 2.22. The maximum absolute atomic E-state index is 11.7. The first-order valence-electron chi connectivity index (χ1n) is 6.49. The minimum atomic E-state index is -3.70. The molecule has 1 aromatic carbocycles. The van der Waals surface area contributed by atoms with E-state index < -0.39 is 66.5 Å². The first-order valence-corrected chi connectivity index (χ1v) is 10.1. The van der Waals surface area contributed by atoms with Gasteiger partial charge in [-0.25, -0.2) is 16.8 Å². The fourth-order valence-electron chi connectivity index (χ4n) is 1.90. The first-order chi connectivity index (χ1) is 10.6. The highest BCUT2D eigenvalue weighted by molar-refractivity contribution is 7.90. The normalized spacial score (nSPS) is 12.3. The molecule has 23 heavy (non-hydrogen) atoms. The summed E-state index contributed by atoms with van der Waals surface area (Å²) in [5, 5.41) is 28.4. The van der Waals surface area contributed by atoms with Crippen LogP contribution >= 0.6 is 0 Å². The van der Waals surface area contributed by atoms with Gasteiger partial charge in [-0.1, -0.05) is 12.1 Å². The van der Waals surface area contributed by atoms with Gasteiger partial charge in [0.15, 0.2) is 19.7 Å². The Morgan fingerprint density at radius 3 is 1.96 bits per heavy atom. The molecule has 0 aliphatic rings. The molecular weight excluding hydrogens is 350 g/mol. The number of aliphatic hydroxyl groups is 2. The van der Waals surface area contributed by atoms with Crippen LogP contribution in [0.4, 0.5) is 5.69 Å². The molecule has 0 atom stereocenters. The van der Waals surface area contributed by atoms with Crippen molar-refractivity contribution in [2.45, 2.75) is 11.5 Å². The number of aliphatic hydroxyl groups excluding tert-OH is 2. The molecule has 0 unspecified atom stereocenters. The van der Waals surface area contributed by atoms with Crippen molar-refractivity contribution in [1.82, 2.24) is 0 Å². The zero-order chi connectivity index (χ0) is 17.7. The molecule has 11 heteroatoms. The summed E-state index contributed by atoms with van der Waals surface area (Å²) in [6.45, 7) is -1.14. The number of hydrogen-bond donors (Lipinski definition) is 2. The number of hydrogen-bond acceptors (Lipinski definition) is 8. The molecule has 1 rings (SSSR count). The fourth-order valence-corrected chi connectivity index (χ4v) is 4.15. The van der Waals surface area contributed by atoms with Crippen molar-refractivity contribution < 1.29 is 32.0 Å². The predicted molar refractivity (Wildman–Crippen MR) is 82.2 cm³/mol. The Kier molecular flexibility index (Phi) is 6.62. The third kappa shape index (κ3) is 6.22. The average Bonchev–Trinajstić information content (AvgIpc) is 2.39. The standard InChI is InChI=1S/C12H17NO8S2/c14-3-5-22(18,19)8-10-1-2-11(12(7-10)13(16)17)9-23(20,21)6-4-15/h1-2,7,14-15H,3-6,8-9H2. The Bertz CT molecular complexity index is 770. The molecule has 0 spiro atoms. The third-order valence-electron chi connectivity index (χ3n) is 2.91. The molecule has 0 fully saturated rings. The fraction of sp³-hybridized carbons (Fsp3) is 0.500. The highest BCUT2D eigenvalue weighted by atomic mass is 32.2. The van der Waals surface area contributed by atoms with Crippen LogP contribution < -0.4 is 0 Å². The smallest absolute Gasteiger partial charge is 0.273 e. The van der Waals surface area contributed by atoms with Crippen molar-refractivity contribution in [2.75, 3.05) is 24.7 Å². The molecule has 1 aromatic rings. The van der Waals surface area contributed by atoms with E-state index in [1.54, 1.807) is 0 Å². The summed E-state index contributed by atoms with van der Waals surface area (Å²) < 4.78 is 46.6. The first kappa shape index (κ1) is 19.5. The number of nitro benzene ring substituents is 1. The van der Waals surface area contributed by atoms with E-state index >= 15 is 0 Å². The molecule has 0 saturated heterocycles. The SMILES string of the molecule is O=[N+]([O-])c1cc(CS(=O)(=O)CCO)ccc1CS(=O)(=O)CCO. The number of benzene rings is 1. The molecule has 0 heterocycles. The summed E-state index contributed by atoms with van der Waals surface area (Å²) in [5.74, 6) is -2.09. The van der Waals surface area contributed by atoms with Crippen molar-refractivity contribution in [2.24, 2.45) is 0 Å². The highest BCUT2D eigenvalue weighted by Crippen LogP contribution is 2.24. The minimum absolute atomic E-state index is 0.0771. The lowest BCUT2D eigenvalue weighted by Crippen LogP contribution is -2.14. The molecular formula is C12H17NO8S2. The van der Waals surface area contributed by atoms with Crippen LogP contribution in [0.5, 0.6) is 0 Å². The lowest BCUT2D eigenvalue weighted by molar-refractivity contribution is -0.385. The quantitative estimate of drug-likeness (QED) is 0.434. The van der Waals surface area contributed by atoms with E-state index in [0.717, 1.165) is 6.07 Å². The lowest BCUT2D eigenvalue weighted by Gasteiger charge is -2.07. The topological polar surface area (TPSA) is 152 Å². The third-order valence-corrected chi connectivity index (χ3v) is 6.05. The maximum atomic E-state index is 11.7. The Hall–Kier alpha value is -1.56. The van der Waals surface area contributed by atoms with Crippen LogP contribution in [0.25, 0.3) is 0 Å². The lowest BCUT2D eigenvalue weighted by atomic mass is 10.1. The number of sulfone groups is 2. The molecule has 0 amide bonds. The molecule has 2 N–H and O–H groups in total. The van der Waals surface area contributed by atoms with Crippen molar-refractivity contribution in [3.05, 3.63) is 39.4 Å². The predicted octanol–water partition coefficient (Wildman–Crippen LogP) is -0.591. The zero-order valence-electron chi connectivity index (χ0n) is 12.1. The van der Waals surface area contributed by atoms with Gasteiger partial charge in [0.05, 0.1) is 41.1 Å². The zero-order valence-corrected chi connectivity index (χ0v) is 13.7. The Balaban J connectivity index is 3.15. The molecule has 0 radical (unpaired) electrons. The van der Waals surface area contributed by atoms with Crippen LogP contribution in [-0.2, 0) is 31.2 Å². The van der Waals surface area contributed by atoms with Crippen molar-refractivity contribution in [3.63, 3.8) is 0 Å². The van der Waals surface area contributed by atoms with Crippen LogP contribution in [-0.4, -0.2) is 56.7 Å². The van der Waals surface area contributed by atoms with E-state index in [4.69, 9.17) is 10.2 Å². The van der Waals surface area contributed by atoms with Crippen molar-refractivity contribution in [1.29, 1.82) is 0 Å². The van der Waals surface area contributed by atoms with Gasteiger partial charge >= 0.3 is 0 Å². The largest absolute Gasteiger partial charge is 0.395 e. The van der Waals surface area contributed by atoms with Crippen LogP contribution in [0.15, 0.2) is 18.2 Å². The van der Waals surface area contributed by atoms with Gasteiger partial charge in [0.1, 0.15) is 0 Å². The van der Waals surface area contributed by atoms with E-state index in [1.165, 1.54) is 12.1 Å². The second kappa shape index (κ2) is 7.81. The van der Waals surface area contributed by atoms with Crippen LogP contribution in [0.2, 0.25) is 0 Å². The Morgan fingerprint density at radius 2 is 1.48 bits per heavy atom. The molecule has 0 aliphatic heterocycles. The summed E-state index contributed by atoms with van der Waals surface area (Å²) in [6, 6.07) is 3.50. The van der Waals surface area contributed by atoms with Gasteiger partial charge in [-0.15, -0.1) is 0 Å². The van der Waals surface area contributed by atoms with E-state index in [9.17, 15) is 26.9 Å². The minimum Gasteiger partial charge on any atom is -0.395 e. The van der Waals surface area contributed by atoms with E-state index in [1.807, 2.05) is 0 Å². The number of rotatable bonds is 9. The summed E-state index contributed by atoms with van der Waals surface area (Å²) in [5.41, 5.74) is -0.441. The van der Waals surface area contributed by atoms with Gasteiger partial charge in [-0.2, -0.15) is 0 Å². The summed E-state index contributed by atoms with van der Waals surface area (Å²) in [6.07, 6.45) is 0. The summed E-state index contributed by atoms with van der Waals surface area (Å²) >= 11 is 0. The van der Waals surface area contributed by atoms with Crippen LogP contribution in [0.1, 0.15) is 11.1 Å². The van der Waals surface area contributed by atoms with Gasteiger partial charge in [-0.05, 0) is 5.56 Å². The van der Waals surface area contributed by atoms with Gasteiger partial charge in [0, 0.05) is 11.6 Å². The van der Waals surface area contributed by atoms with Gasteiger partial charge in [-0.3, -0.25) is 10.1 Å². The molecule has 0 bridgehead atoms. The van der Waals surface area contributed by atoms with Crippen molar-refractivity contribution in [3.8, 4) is 0 Å². The molecule has 0 aromatic heterocycles. The van der Waals surface area contributed by atoms with E-state index in [2.05, 4.69) is 0 Å². The maximum Gasteiger partial charge on any atom is 0.273 e. The number of nitrogens with zero attached hydrogens (tertiary/aromatic N) is 1. The Labute approximate surface area is 133 Å². The summed E-state index contributed by atoms with van der Waals surface area (Å²) in [4.78, 5) is 10.3. The van der Waals surface area contributed by atoms with Gasteiger partial charge < -0.3 is 10.2 Å². The van der Waals surface area contributed by atoms with Gasteiger partial charge in [0.2, 0.25) is 0 Å². The number of nitro groups is 1. The summed E-state index contributed by atoms with van der Waals surface area (Å²) in [7, 11) is -7.31. The second-order valence-corrected chi connectivity index (χ2v) is 9.22. The molecule has 130 valence electrons. The van der Waals surface area contributed by atoms with Crippen LogP contribution in [0, 0.1) is 10.1 Å². The molecule has 0 saturated carbocycles. The van der Waals surface area contributed by atoms with Crippen LogP contribution in [0.3, 0.4) is 0 Å². The molecule has 9 nitrogen and oxygen atoms in total. The van der Waals surface area contributed by atoms with E-state index in [0.29, 0.717) is 0 Å². The Morgan fingerprint density at radius 1 is 0.957 bits per heavy atom. The monoisotopic (exact) mass is 367 g/mol. The second-order valence-electron chi connectivity index (χ2n) is 4.85.